The van der Waals surface area contributed by atoms with Gasteiger partial charge >= 0.3 is 0 Å². The molecule has 8 nitrogen and oxygen atoms in total. The van der Waals surface area contributed by atoms with Gasteiger partial charge in [0.15, 0.2) is 0 Å². The number of carbonyl (C=O) groups excluding carboxylic acids is 2. The van der Waals surface area contributed by atoms with Crippen LogP contribution in [0.2, 0.25) is 0 Å². The van der Waals surface area contributed by atoms with E-state index in [1.165, 1.54) is 0 Å². The van der Waals surface area contributed by atoms with Gasteiger partial charge in [-0.3, -0.25) is 14.6 Å². The summed E-state index contributed by atoms with van der Waals surface area (Å²) in [6.07, 6.45) is 8.23. The molecule has 0 radical (unpaired) electrons. The van der Waals surface area contributed by atoms with Crippen LogP contribution in [0.15, 0.2) is 42.9 Å². The molecule has 1 aromatic heterocycles. The number of benzene rings is 1. The molecule has 2 aliphatic heterocycles. The smallest absolute Gasteiger partial charge is 0.253 e. The quantitative estimate of drug-likeness (QED) is 0.765. The molecule has 2 fully saturated rings. The molecule has 164 valence electrons. The van der Waals surface area contributed by atoms with Gasteiger partial charge in [-0.15, -0.1) is 0 Å². The third-order valence-corrected chi connectivity index (χ3v) is 6.28. The summed E-state index contributed by atoms with van der Waals surface area (Å²) >= 11 is 0. The molecule has 0 saturated carbocycles. The number of aliphatic hydroxyl groups is 1. The molecule has 4 rings (SSSR count). The van der Waals surface area contributed by atoms with Gasteiger partial charge in [0.2, 0.25) is 5.91 Å². The van der Waals surface area contributed by atoms with Gasteiger partial charge in [0.25, 0.3) is 5.91 Å². The molecule has 1 aromatic carbocycles. The minimum Gasteiger partial charge on any atom is -0.396 e. The number of aliphatic hydroxyl groups excluding tert-OH is 1. The van der Waals surface area contributed by atoms with E-state index in [2.05, 4.69) is 20.2 Å². The summed E-state index contributed by atoms with van der Waals surface area (Å²) < 4.78 is 0. The van der Waals surface area contributed by atoms with E-state index in [-0.39, 0.29) is 30.3 Å². The number of carbonyl (C=O) groups is 2. The Balaban J connectivity index is 1.32. The Morgan fingerprint density at radius 1 is 1.06 bits per heavy atom. The Kier molecular flexibility index (Phi) is 6.76. The van der Waals surface area contributed by atoms with Crippen LogP contribution >= 0.6 is 0 Å². The third-order valence-electron chi connectivity index (χ3n) is 6.28. The molecule has 2 aliphatic rings. The number of piperidine rings is 2. The first-order valence-electron chi connectivity index (χ1n) is 11.0. The van der Waals surface area contributed by atoms with Crippen molar-refractivity contribution < 1.29 is 14.7 Å². The lowest BCUT2D eigenvalue weighted by Crippen LogP contribution is -2.39. The predicted octanol–water partition coefficient (Wildman–Crippen LogP) is 2.18. The zero-order chi connectivity index (χ0) is 21.6. The number of aromatic nitrogens is 2. The fourth-order valence-electron chi connectivity index (χ4n) is 4.30. The highest BCUT2D eigenvalue weighted by Crippen LogP contribution is 2.24. The highest BCUT2D eigenvalue weighted by molar-refractivity contribution is 5.97. The fraction of sp³-hybridized carbons (Fsp3) is 0.478. The SMILES string of the molecule is O=C(Nc1cccc(C(=O)N2CCC(CO)CC2)c1)C1CCN(c2cnccn2)CC1. The van der Waals surface area contributed by atoms with Crippen molar-refractivity contribution in [2.24, 2.45) is 11.8 Å². The van der Waals surface area contributed by atoms with Gasteiger partial charge in [0.05, 0.1) is 6.20 Å². The molecule has 8 heteroatoms. The van der Waals surface area contributed by atoms with Gasteiger partial charge in [0.1, 0.15) is 5.82 Å². The van der Waals surface area contributed by atoms with E-state index >= 15 is 0 Å². The molecule has 2 N–H and O–H groups in total. The Morgan fingerprint density at radius 2 is 1.84 bits per heavy atom. The van der Waals surface area contributed by atoms with E-state index in [0.717, 1.165) is 44.6 Å². The minimum absolute atomic E-state index is 0.00726. The molecule has 31 heavy (non-hydrogen) atoms. The molecule has 0 bridgehead atoms. The molecule has 2 aromatic rings. The molecule has 2 amide bonds. The second kappa shape index (κ2) is 9.87. The van der Waals surface area contributed by atoms with Crippen LogP contribution in [0.3, 0.4) is 0 Å². The van der Waals surface area contributed by atoms with E-state index in [1.807, 2.05) is 11.0 Å². The van der Waals surface area contributed by atoms with Gasteiger partial charge in [0, 0.05) is 62.3 Å². The van der Waals surface area contributed by atoms with Gasteiger partial charge in [-0.25, -0.2) is 4.98 Å². The van der Waals surface area contributed by atoms with Gasteiger partial charge in [-0.2, -0.15) is 0 Å². The van der Waals surface area contributed by atoms with E-state index in [9.17, 15) is 14.7 Å². The highest BCUT2D eigenvalue weighted by Gasteiger charge is 2.26. The Morgan fingerprint density at radius 3 is 2.52 bits per heavy atom. The van der Waals surface area contributed by atoms with Crippen molar-refractivity contribution in [1.82, 2.24) is 14.9 Å². The van der Waals surface area contributed by atoms with E-state index in [4.69, 9.17) is 0 Å². The number of hydrogen-bond acceptors (Lipinski definition) is 6. The lowest BCUT2D eigenvalue weighted by molar-refractivity contribution is -0.120. The standard InChI is InChI=1S/C23H29N5O3/c29-16-17-4-10-28(11-5-17)23(31)19-2-1-3-20(14-19)26-22(30)18-6-12-27(13-7-18)21-15-24-8-9-25-21/h1-3,8-9,14-15,17-18,29H,4-7,10-13,16H2,(H,26,30). The van der Waals surface area contributed by atoms with Crippen molar-refractivity contribution in [2.45, 2.75) is 25.7 Å². The maximum atomic E-state index is 12.8. The van der Waals surface area contributed by atoms with E-state index in [1.54, 1.807) is 36.8 Å². The van der Waals surface area contributed by atoms with Crippen molar-refractivity contribution in [3.8, 4) is 0 Å². The fourth-order valence-corrected chi connectivity index (χ4v) is 4.30. The van der Waals surface area contributed by atoms with Crippen LogP contribution in [0, 0.1) is 11.8 Å². The Labute approximate surface area is 182 Å². The number of anilines is 2. The summed E-state index contributed by atoms with van der Waals surface area (Å²) in [4.78, 5) is 38.0. The Bertz CT molecular complexity index is 891. The van der Waals surface area contributed by atoms with Crippen molar-refractivity contribution in [1.29, 1.82) is 0 Å². The highest BCUT2D eigenvalue weighted by atomic mass is 16.3. The number of nitrogens with zero attached hydrogens (tertiary/aromatic N) is 4. The van der Waals surface area contributed by atoms with Crippen LogP contribution in [0.1, 0.15) is 36.0 Å². The average Bonchev–Trinajstić information content (AvgIpc) is 2.84. The van der Waals surface area contributed by atoms with Crippen molar-refractivity contribution in [3.05, 3.63) is 48.4 Å². The largest absolute Gasteiger partial charge is 0.396 e. The third kappa shape index (κ3) is 5.19. The molecule has 0 atom stereocenters. The normalized spacial score (nSPS) is 18.1. The van der Waals surface area contributed by atoms with E-state index < -0.39 is 0 Å². The average molecular weight is 424 g/mol. The first-order chi connectivity index (χ1) is 15.1. The molecule has 3 heterocycles. The summed E-state index contributed by atoms with van der Waals surface area (Å²) in [6.45, 7) is 3.02. The van der Waals surface area contributed by atoms with Crippen LogP contribution in [-0.4, -0.2) is 64.6 Å². The molecule has 0 spiro atoms. The predicted molar refractivity (Wildman–Crippen MR) is 118 cm³/mol. The first-order valence-corrected chi connectivity index (χ1v) is 11.0. The van der Waals surface area contributed by atoms with Crippen LogP contribution in [0.25, 0.3) is 0 Å². The number of rotatable bonds is 5. The number of nitrogens with one attached hydrogen (secondary N) is 1. The first kappa shape index (κ1) is 21.2. The van der Waals surface area contributed by atoms with Crippen LogP contribution in [0.5, 0.6) is 0 Å². The number of amides is 2. The number of likely N-dealkylation sites (tertiary alicyclic amines) is 1. The maximum Gasteiger partial charge on any atom is 0.253 e. The monoisotopic (exact) mass is 423 g/mol. The zero-order valence-electron chi connectivity index (χ0n) is 17.6. The van der Waals surface area contributed by atoms with Gasteiger partial charge in [-0.05, 0) is 49.8 Å². The van der Waals surface area contributed by atoms with Crippen molar-refractivity contribution >= 4 is 23.3 Å². The van der Waals surface area contributed by atoms with Gasteiger partial charge < -0.3 is 20.2 Å². The van der Waals surface area contributed by atoms with Crippen molar-refractivity contribution in [3.63, 3.8) is 0 Å². The molecular weight excluding hydrogens is 394 g/mol. The summed E-state index contributed by atoms with van der Waals surface area (Å²) in [7, 11) is 0. The van der Waals surface area contributed by atoms with Crippen molar-refractivity contribution in [2.75, 3.05) is 43.0 Å². The second-order valence-corrected chi connectivity index (χ2v) is 8.31. The topological polar surface area (TPSA) is 98.7 Å². The summed E-state index contributed by atoms with van der Waals surface area (Å²) in [6, 6.07) is 7.17. The molecule has 2 saturated heterocycles. The lowest BCUT2D eigenvalue weighted by atomic mass is 9.95. The minimum atomic E-state index is -0.0650. The Hall–Kier alpha value is -3.00. The molecular formula is C23H29N5O3. The second-order valence-electron chi connectivity index (χ2n) is 8.31. The molecule has 0 unspecified atom stereocenters. The lowest BCUT2D eigenvalue weighted by Gasteiger charge is -2.32. The zero-order valence-corrected chi connectivity index (χ0v) is 17.6. The van der Waals surface area contributed by atoms with E-state index in [0.29, 0.717) is 24.3 Å². The maximum absolute atomic E-state index is 12.8. The summed E-state index contributed by atoms with van der Waals surface area (Å²) in [5.74, 6) is 1.03. The van der Waals surface area contributed by atoms with Gasteiger partial charge in [-0.1, -0.05) is 6.07 Å². The summed E-state index contributed by atoms with van der Waals surface area (Å²) in [5, 5.41) is 12.3. The van der Waals surface area contributed by atoms with Crippen LogP contribution < -0.4 is 10.2 Å². The van der Waals surface area contributed by atoms with Crippen LogP contribution in [0.4, 0.5) is 11.5 Å². The number of hydrogen-bond donors (Lipinski definition) is 2. The molecule has 0 aliphatic carbocycles. The van der Waals surface area contributed by atoms with Crippen LogP contribution in [-0.2, 0) is 4.79 Å². The summed E-state index contributed by atoms with van der Waals surface area (Å²) in [5.41, 5.74) is 1.23.